The Morgan fingerprint density at radius 3 is 3.06 bits per heavy atom. The summed E-state index contributed by atoms with van der Waals surface area (Å²) in [4.78, 5) is 26.8. The molecule has 0 aromatic carbocycles. The molecule has 0 bridgehead atoms. The number of aromatic nitrogens is 1. The van der Waals surface area contributed by atoms with E-state index in [0.717, 1.165) is 0 Å². The Kier molecular flexibility index (Phi) is 3.76. The molecule has 1 aromatic heterocycles. The molecule has 2 N–H and O–H groups in total. The van der Waals surface area contributed by atoms with Crippen molar-refractivity contribution in [3.05, 3.63) is 18.2 Å². The van der Waals surface area contributed by atoms with Crippen LogP contribution in [0.1, 0.15) is 19.8 Å². The third-order valence-electron chi connectivity index (χ3n) is 2.58. The molecule has 0 radical (unpaired) electrons. The fourth-order valence-corrected chi connectivity index (χ4v) is 1.73. The molecule has 1 aromatic rings. The van der Waals surface area contributed by atoms with Gasteiger partial charge in [-0.05, 0) is 19.4 Å². The van der Waals surface area contributed by atoms with Crippen LogP contribution in [0.4, 0.5) is 5.82 Å². The summed E-state index contributed by atoms with van der Waals surface area (Å²) in [5.74, 6) is 0.536. The Morgan fingerprint density at radius 2 is 2.33 bits per heavy atom. The summed E-state index contributed by atoms with van der Waals surface area (Å²) >= 11 is 0. The number of nitrogens with zero attached hydrogens (tertiary/aromatic N) is 1. The van der Waals surface area contributed by atoms with Crippen LogP contribution in [0.5, 0.6) is 5.88 Å². The molecule has 0 saturated carbocycles. The first-order chi connectivity index (χ1) is 8.69. The number of imide groups is 1. The first-order valence-electron chi connectivity index (χ1n) is 5.89. The maximum absolute atomic E-state index is 11.6. The molecule has 0 spiro atoms. The van der Waals surface area contributed by atoms with Crippen LogP contribution in [0.3, 0.4) is 0 Å². The zero-order valence-corrected chi connectivity index (χ0v) is 10.1. The lowest BCUT2D eigenvalue weighted by molar-refractivity contribution is -0.133. The predicted molar refractivity (Wildman–Crippen MR) is 65.2 cm³/mol. The number of ether oxygens (including phenoxy) is 1. The molecule has 1 aliphatic heterocycles. The minimum Gasteiger partial charge on any atom is -0.478 e. The van der Waals surface area contributed by atoms with E-state index in [1.807, 2.05) is 6.92 Å². The third-order valence-corrected chi connectivity index (χ3v) is 2.58. The Morgan fingerprint density at radius 1 is 1.50 bits per heavy atom. The summed E-state index contributed by atoms with van der Waals surface area (Å²) in [6, 6.07) is 4.88. The van der Waals surface area contributed by atoms with Gasteiger partial charge in [-0.15, -0.1) is 0 Å². The van der Waals surface area contributed by atoms with E-state index < -0.39 is 6.04 Å². The summed E-state index contributed by atoms with van der Waals surface area (Å²) in [6.07, 6.45) is 0.819. The van der Waals surface area contributed by atoms with Crippen molar-refractivity contribution in [1.29, 1.82) is 0 Å². The number of anilines is 1. The van der Waals surface area contributed by atoms with E-state index in [9.17, 15) is 9.59 Å². The first kappa shape index (κ1) is 12.3. The van der Waals surface area contributed by atoms with Crippen LogP contribution in [0, 0.1) is 0 Å². The summed E-state index contributed by atoms with van der Waals surface area (Å²) in [5.41, 5.74) is 0. The highest BCUT2D eigenvalue weighted by Gasteiger charge is 2.26. The molecule has 1 aliphatic rings. The van der Waals surface area contributed by atoms with Gasteiger partial charge in [-0.1, -0.05) is 6.07 Å². The standard InChI is InChI=1S/C12H15N3O3/c1-2-18-11-5-3-4-9(14-11)13-8-6-7-10(16)15-12(8)17/h3-5,8H,2,6-7H2,1H3,(H,13,14)(H,15,16,17). The van der Waals surface area contributed by atoms with Gasteiger partial charge in [-0.2, -0.15) is 4.98 Å². The number of piperidine rings is 1. The molecule has 1 unspecified atom stereocenters. The van der Waals surface area contributed by atoms with Crippen LogP contribution in [0.2, 0.25) is 0 Å². The van der Waals surface area contributed by atoms with Gasteiger partial charge in [-0.3, -0.25) is 14.9 Å². The van der Waals surface area contributed by atoms with E-state index in [0.29, 0.717) is 31.1 Å². The number of carbonyl (C=O) groups is 2. The average Bonchev–Trinajstić information content (AvgIpc) is 2.34. The van der Waals surface area contributed by atoms with E-state index in [-0.39, 0.29) is 11.8 Å². The lowest BCUT2D eigenvalue weighted by atomic mass is 10.1. The van der Waals surface area contributed by atoms with E-state index in [2.05, 4.69) is 15.6 Å². The van der Waals surface area contributed by atoms with E-state index in [4.69, 9.17) is 4.74 Å². The smallest absolute Gasteiger partial charge is 0.249 e. The van der Waals surface area contributed by atoms with Crippen molar-refractivity contribution < 1.29 is 14.3 Å². The van der Waals surface area contributed by atoms with E-state index >= 15 is 0 Å². The number of carbonyl (C=O) groups excluding carboxylic acids is 2. The van der Waals surface area contributed by atoms with Gasteiger partial charge in [0.1, 0.15) is 11.9 Å². The SMILES string of the molecule is CCOc1cccc(NC2CCC(=O)NC2=O)n1. The second kappa shape index (κ2) is 5.48. The lowest BCUT2D eigenvalue weighted by Gasteiger charge is -2.22. The largest absolute Gasteiger partial charge is 0.478 e. The minimum absolute atomic E-state index is 0.228. The van der Waals surface area contributed by atoms with Gasteiger partial charge in [0.15, 0.2) is 0 Å². The van der Waals surface area contributed by atoms with Crippen LogP contribution in [-0.2, 0) is 9.59 Å². The van der Waals surface area contributed by atoms with Crippen molar-refractivity contribution >= 4 is 17.6 Å². The molecule has 0 aliphatic carbocycles. The predicted octanol–water partition coefficient (Wildman–Crippen LogP) is 0.697. The van der Waals surface area contributed by atoms with Gasteiger partial charge in [-0.25, -0.2) is 0 Å². The fraction of sp³-hybridized carbons (Fsp3) is 0.417. The quantitative estimate of drug-likeness (QED) is 0.768. The van der Waals surface area contributed by atoms with Gasteiger partial charge < -0.3 is 10.1 Å². The van der Waals surface area contributed by atoms with Crippen molar-refractivity contribution in [2.75, 3.05) is 11.9 Å². The highest BCUT2D eigenvalue weighted by molar-refractivity contribution is 6.01. The second-order valence-electron chi connectivity index (χ2n) is 3.94. The van der Waals surface area contributed by atoms with Gasteiger partial charge in [0.25, 0.3) is 0 Å². The monoisotopic (exact) mass is 249 g/mol. The van der Waals surface area contributed by atoms with Crippen LogP contribution in [0.25, 0.3) is 0 Å². The number of nitrogens with one attached hydrogen (secondary N) is 2. The zero-order chi connectivity index (χ0) is 13.0. The molecular weight excluding hydrogens is 234 g/mol. The lowest BCUT2D eigenvalue weighted by Crippen LogP contribution is -2.47. The van der Waals surface area contributed by atoms with Crippen LogP contribution >= 0.6 is 0 Å². The normalized spacial score (nSPS) is 19.3. The Balaban J connectivity index is 2.02. The molecular formula is C12H15N3O3. The molecule has 1 saturated heterocycles. The van der Waals surface area contributed by atoms with Crippen LogP contribution in [-0.4, -0.2) is 29.4 Å². The summed E-state index contributed by atoms with van der Waals surface area (Å²) < 4.78 is 5.27. The van der Waals surface area contributed by atoms with Crippen molar-refractivity contribution in [3.8, 4) is 5.88 Å². The highest BCUT2D eigenvalue weighted by Crippen LogP contribution is 2.15. The maximum Gasteiger partial charge on any atom is 0.249 e. The molecule has 1 atom stereocenters. The van der Waals surface area contributed by atoms with E-state index in [1.165, 1.54) is 0 Å². The fourth-order valence-electron chi connectivity index (χ4n) is 1.73. The highest BCUT2D eigenvalue weighted by atomic mass is 16.5. The minimum atomic E-state index is -0.424. The number of hydrogen-bond acceptors (Lipinski definition) is 5. The van der Waals surface area contributed by atoms with Crippen molar-refractivity contribution in [3.63, 3.8) is 0 Å². The van der Waals surface area contributed by atoms with E-state index in [1.54, 1.807) is 18.2 Å². The average molecular weight is 249 g/mol. The Hall–Kier alpha value is -2.11. The number of pyridine rings is 1. The van der Waals surface area contributed by atoms with Crippen LogP contribution in [0.15, 0.2) is 18.2 Å². The van der Waals surface area contributed by atoms with Crippen molar-refractivity contribution in [2.24, 2.45) is 0 Å². The Labute approximate surface area is 105 Å². The number of hydrogen-bond donors (Lipinski definition) is 2. The second-order valence-corrected chi connectivity index (χ2v) is 3.94. The topological polar surface area (TPSA) is 80.3 Å². The molecule has 2 rings (SSSR count). The Bertz CT molecular complexity index is 462. The number of amides is 2. The molecule has 96 valence electrons. The van der Waals surface area contributed by atoms with Crippen molar-refractivity contribution in [2.45, 2.75) is 25.8 Å². The van der Waals surface area contributed by atoms with Gasteiger partial charge in [0.2, 0.25) is 17.7 Å². The zero-order valence-electron chi connectivity index (χ0n) is 10.1. The molecule has 1 fully saturated rings. The van der Waals surface area contributed by atoms with Crippen molar-refractivity contribution in [1.82, 2.24) is 10.3 Å². The first-order valence-corrected chi connectivity index (χ1v) is 5.89. The number of rotatable bonds is 4. The van der Waals surface area contributed by atoms with Gasteiger partial charge in [0.05, 0.1) is 6.61 Å². The molecule has 18 heavy (non-hydrogen) atoms. The molecule has 6 heteroatoms. The summed E-state index contributed by atoms with van der Waals surface area (Å²) in [6.45, 7) is 2.41. The molecule has 2 heterocycles. The molecule has 2 amide bonds. The summed E-state index contributed by atoms with van der Waals surface area (Å²) in [7, 11) is 0. The maximum atomic E-state index is 11.6. The third kappa shape index (κ3) is 2.97. The van der Waals surface area contributed by atoms with Crippen LogP contribution < -0.4 is 15.4 Å². The van der Waals surface area contributed by atoms with Gasteiger partial charge >= 0.3 is 0 Å². The van der Waals surface area contributed by atoms with Gasteiger partial charge in [0, 0.05) is 12.5 Å². The molecule has 6 nitrogen and oxygen atoms in total. The summed E-state index contributed by atoms with van der Waals surface area (Å²) in [5, 5.41) is 5.28.